The number of carbonyl (C=O) groups excluding carboxylic acids is 2. The van der Waals surface area contributed by atoms with E-state index in [4.69, 9.17) is 11.6 Å². The van der Waals surface area contributed by atoms with Crippen LogP contribution in [0.2, 0.25) is 5.02 Å². The van der Waals surface area contributed by atoms with Crippen LogP contribution in [0.5, 0.6) is 0 Å². The molecule has 0 saturated heterocycles. The molecule has 0 bridgehead atoms. The zero-order chi connectivity index (χ0) is 19.1. The van der Waals surface area contributed by atoms with Crippen LogP contribution in [0.4, 0.5) is 10.1 Å². The first-order valence-corrected chi connectivity index (χ1v) is 7.54. The lowest BCUT2D eigenvalue weighted by atomic mass is 10.2. The van der Waals surface area contributed by atoms with E-state index in [0.717, 1.165) is 12.1 Å². The molecule has 8 nitrogen and oxygen atoms in total. The largest absolute Gasteiger partial charge is 0.343 e. The Labute approximate surface area is 151 Å². The summed E-state index contributed by atoms with van der Waals surface area (Å²) >= 11 is 5.69. The van der Waals surface area contributed by atoms with Crippen LogP contribution in [-0.2, 0) is 4.79 Å². The second-order valence-corrected chi connectivity index (χ2v) is 5.36. The molecule has 10 heteroatoms. The van der Waals surface area contributed by atoms with Crippen LogP contribution in [-0.4, -0.2) is 29.5 Å². The molecular weight excluding hydrogens is 367 g/mol. The number of nitrogens with zero attached hydrogens (tertiary/aromatic N) is 2. The average molecular weight is 379 g/mol. The molecule has 2 amide bonds. The monoisotopic (exact) mass is 378 g/mol. The van der Waals surface area contributed by atoms with Crippen molar-refractivity contribution in [3.8, 4) is 0 Å². The van der Waals surface area contributed by atoms with E-state index in [0.29, 0.717) is 5.56 Å². The summed E-state index contributed by atoms with van der Waals surface area (Å²) in [6.07, 6.45) is 1.20. The molecule has 2 aromatic carbocycles. The van der Waals surface area contributed by atoms with Crippen molar-refractivity contribution in [3.05, 3.63) is 74.5 Å². The van der Waals surface area contributed by atoms with Crippen molar-refractivity contribution < 1.29 is 18.9 Å². The van der Waals surface area contributed by atoms with Crippen LogP contribution < -0.4 is 10.7 Å². The van der Waals surface area contributed by atoms with Crippen LogP contribution in [0.25, 0.3) is 0 Å². The number of carbonyl (C=O) groups is 2. The summed E-state index contributed by atoms with van der Waals surface area (Å²) in [6.45, 7) is -0.353. The molecule has 0 fully saturated rings. The Kier molecular flexibility index (Phi) is 6.34. The first kappa shape index (κ1) is 19.0. The highest BCUT2D eigenvalue weighted by Gasteiger charge is 2.12. The van der Waals surface area contributed by atoms with Crippen LogP contribution in [0, 0.1) is 15.9 Å². The Morgan fingerprint density at radius 1 is 1.23 bits per heavy atom. The smallest absolute Gasteiger partial charge is 0.288 e. The molecule has 0 aliphatic rings. The number of nitro groups is 1. The van der Waals surface area contributed by atoms with Gasteiger partial charge in [0, 0.05) is 17.2 Å². The standard InChI is InChI=1S/C16H12ClFN4O4/c17-13-6-1-10(7-14(13)22(25)26)8-20-21-15(23)9-19-16(24)11-2-4-12(18)5-3-11/h1-8H,9H2,(H,19,24)(H,21,23)/b20-8+. The number of nitrogens with one attached hydrogen (secondary N) is 2. The molecule has 0 spiro atoms. The van der Waals surface area contributed by atoms with Gasteiger partial charge in [0.1, 0.15) is 10.8 Å². The van der Waals surface area contributed by atoms with Crippen molar-refractivity contribution in [2.45, 2.75) is 0 Å². The van der Waals surface area contributed by atoms with E-state index in [1.165, 1.54) is 36.5 Å². The molecule has 26 heavy (non-hydrogen) atoms. The third-order valence-corrected chi connectivity index (χ3v) is 3.41. The first-order valence-electron chi connectivity index (χ1n) is 7.16. The number of rotatable bonds is 6. The third kappa shape index (κ3) is 5.35. The van der Waals surface area contributed by atoms with E-state index in [-0.39, 0.29) is 22.8 Å². The predicted octanol–water partition coefficient (Wildman–Crippen LogP) is 2.27. The number of halogens is 2. The van der Waals surface area contributed by atoms with Gasteiger partial charge in [-0.2, -0.15) is 5.10 Å². The average Bonchev–Trinajstić information content (AvgIpc) is 2.61. The quantitative estimate of drug-likeness (QED) is 0.456. The Morgan fingerprint density at radius 2 is 1.92 bits per heavy atom. The minimum atomic E-state index is -0.636. The second kappa shape index (κ2) is 8.67. The van der Waals surface area contributed by atoms with Gasteiger partial charge in [0.05, 0.1) is 17.7 Å². The lowest BCUT2D eigenvalue weighted by Gasteiger charge is -2.04. The molecule has 134 valence electrons. The predicted molar refractivity (Wildman–Crippen MR) is 92.6 cm³/mol. The highest BCUT2D eigenvalue weighted by molar-refractivity contribution is 6.32. The molecule has 2 rings (SSSR count). The van der Waals surface area contributed by atoms with Gasteiger partial charge in [0.15, 0.2) is 0 Å². The van der Waals surface area contributed by atoms with Gasteiger partial charge in [-0.15, -0.1) is 0 Å². The summed E-state index contributed by atoms with van der Waals surface area (Å²) < 4.78 is 12.8. The molecule has 0 aliphatic carbocycles. The molecule has 0 unspecified atom stereocenters. The molecule has 0 aliphatic heterocycles. The van der Waals surface area contributed by atoms with Crippen LogP contribution in [0.15, 0.2) is 47.6 Å². The van der Waals surface area contributed by atoms with Crippen molar-refractivity contribution in [1.29, 1.82) is 0 Å². The van der Waals surface area contributed by atoms with E-state index < -0.39 is 22.6 Å². The van der Waals surface area contributed by atoms with E-state index in [9.17, 15) is 24.1 Å². The summed E-state index contributed by atoms with van der Waals surface area (Å²) in [5.74, 6) is -1.63. The maximum atomic E-state index is 12.8. The molecule has 0 saturated carbocycles. The summed E-state index contributed by atoms with van der Waals surface area (Å²) in [5.41, 5.74) is 2.44. The van der Waals surface area contributed by atoms with Crippen molar-refractivity contribution in [1.82, 2.24) is 10.7 Å². The number of amides is 2. The molecule has 2 N–H and O–H groups in total. The molecule has 0 atom stereocenters. The normalized spacial score (nSPS) is 10.5. The second-order valence-electron chi connectivity index (χ2n) is 4.95. The van der Waals surface area contributed by atoms with Crippen LogP contribution in [0.1, 0.15) is 15.9 Å². The SMILES string of the molecule is O=C(CNC(=O)c1ccc(F)cc1)N/N=C/c1ccc(Cl)c([N+](=O)[O-])c1. The maximum Gasteiger partial charge on any atom is 0.288 e. The van der Waals surface area contributed by atoms with Crippen molar-refractivity contribution in [2.75, 3.05) is 6.54 Å². The number of nitro benzene ring substituents is 1. The van der Waals surface area contributed by atoms with Crippen molar-refractivity contribution in [3.63, 3.8) is 0 Å². The van der Waals surface area contributed by atoms with E-state index in [2.05, 4.69) is 15.8 Å². The fourth-order valence-electron chi connectivity index (χ4n) is 1.83. The number of hydrogen-bond acceptors (Lipinski definition) is 5. The van der Waals surface area contributed by atoms with Gasteiger partial charge in [0.2, 0.25) is 0 Å². The number of hydrogen-bond donors (Lipinski definition) is 2. The molecule has 2 aromatic rings. The van der Waals surface area contributed by atoms with E-state index >= 15 is 0 Å². The lowest BCUT2D eigenvalue weighted by molar-refractivity contribution is -0.384. The zero-order valence-electron chi connectivity index (χ0n) is 13.1. The lowest BCUT2D eigenvalue weighted by Crippen LogP contribution is -2.34. The third-order valence-electron chi connectivity index (χ3n) is 3.09. The minimum Gasteiger partial charge on any atom is -0.343 e. The van der Waals surface area contributed by atoms with Gasteiger partial charge in [0.25, 0.3) is 17.5 Å². The summed E-state index contributed by atoms with van der Waals surface area (Å²) in [7, 11) is 0. The van der Waals surface area contributed by atoms with Crippen LogP contribution in [0.3, 0.4) is 0 Å². The van der Waals surface area contributed by atoms with Gasteiger partial charge in [-0.1, -0.05) is 17.7 Å². The fraction of sp³-hybridized carbons (Fsp3) is 0.0625. The molecule has 0 aromatic heterocycles. The van der Waals surface area contributed by atoms with Gasteiger partial charge in [-0.3, -0.25) is 19.7 Å². The van der Waals surface area contributed by atoms with Gasteiger partial charge >= 0.3 is 0 Å². The highest BCUT2D eigenvalue weighted by atomic mass is 35.5. The van der Waals surface area contributed by atoms with Gasteiger partial charge < -0.3 is 5.32 Å². The van der Waals surface area contributed by atoms with Crippen molar-refractivity contribution in [2.24, 2.45) is 5.10 Å². The Balaban J connectivity index is 1.85. The number of hydrazone groups is 1. The minimum absolute atomic E-state index is 0.0142. The summed E-state index contributed by atoms with van der Waals surface area (Å²) in [4.78, 5) is 33.5. The Morgan fingerprint density at radius 3 is 2.58 bits per heavy atom. The molecular formula is C16H12ClFN4O4. The molecule has 0 radical (unpaired) electrons. The zero-order valence-corrected chi connectivity index (χ0v) is 13.9. The van der Waals surface area contributed by atoms with Gasteiger partial charge in [-0.05, 0) is 30.3 Å². The Hall–Kier alpha value is -3.33. The van der Waals surface area contributed by atoms with E-state index in [1.807, 2.05) is 0 Å². The summed E-state index contributed by atoms with van der Waals surface area (Å²) in [5, 5.41) is 16.8. The molecule has 0 heterocycles. The first-order chi connectivity index (χ1) is 12.4. The Bertz CT molecular complexity index is 871. The highest BCUT2D eigenvalue weighted by Crippen LogP contribution is 2.24. The fourth-order valence-corrected chi connectivity index (χ4v) is 2.02. The van der Waals surface area contributed by atoms with Gasteiger partial charge in [-0.25, -0.2) is 9.82 Å². The summed E-state index contributed by atoms with van der Waals surface area (Å²) in [6, 6.07) is 8.86. The van der Waals surface area contributed by atoms with Crippen molar-refractivity contribution >= 4 is 35.3 Å². The van der Waals surface area contributed by atoms with E-state index in [1.54, 1.807) is 0 Å². The van der Waals surface area contributed by atoms with Crippen LogP contribution >= 0.6 is 11.6 Å². The number of benzene rings is 2. The topological polar surface area (TPSA) is 114 Å². The maximum absolute atomic E-state index is 12.8.